The van der Waals surface area contributed by atoms with Crippen molar-refractivity contribution in [1.82, 2.24) is 0 Å². The van der Waals surface area contributed by atoms with Crippen molar-refractivity contribution in [2.24, 2.45) is 0 Å². The van der Waals surface area contributed by atoms with E-state index >= 15 is 0 Å². The van der Waals surface area contributed by atoms with Crippen molar-refractivity contribution in [2.45, 2.75) is 65.7 Å². The number of carbonyl (C=O) groups excluding carboxylic acids is 2. The number of Topliss-reactive ketones (excluding diaryl/α,β-unsaturated/α-hetero) is 1. The average molecular weight is 320 g/mol. The van der Waals surface area contributed by atoms with Crippen LogP contribution < -0.4 is 0 Å². The van der Waals surface area contributed by atoms with E-state index in [-0.39, 0.29) is 35.4 Å². The Morgan fingerprint density at radius 2 is 1.43 bits per heavy atom. The highest BCUT2D eigenvalue weighted by Gasteiger charge is 2.28. The van der Waals surface area contributed by atoms with Gasteiger partial charge in [0.05, 0.1) is 6.61 Å². The lowest BCUT2D eigenvalue weighted by Gasteiger charge is -2.28. The van der Waals surface area contributed by atoms with Gasteiger partial charge in [0, 0.05) is 16.7 Å². The van der Waals surface area contributed by atoms with Gasteiger partial charge in [-0.3, -0.25) is 9.59 Å². The van der Waals surface area contributed by atoms with Gasteiger partial charge in [-0.05, 0) is 29.9 Å². The van der Waals surface area contributed by atoms with Crippen LogP contribution >= 0.6 is 0 Å². The Hall–Kier alpha value is -1.84. The minimum Gasteiger partial charge on any atom is -0.507 e. The fourth-order valence-corrected chi connectivity index (χ4v) is 2.38. The van der Waals surface area contributed by atoms with Gasteiger partial charge < -0.3 is 9.84 Å². The predicted octanol–water partition coefficient (Wildman–Crippen LogP) is 4.12. The Balaban J connectivity index is 3.39. The first-order chi connectivity index (χ1) is 10.4. The average Bonchev–Trinajstić information content (AvgIpc) is 2.36. The van der Waals surface area contributed by atoms with Crippen LogP contribution in [0.15, 0.2) is 12.1 Å². The molecule has 0 atom stereocenters. The molecular weight excluding hydrogens is 292 g/mol. The first-order valence-corrected chi connectivity index (χ1v) is 7.94. The van der Waals surface area contributed by atoms with E-state index in [0.717, 1.165) is 0 Å². The molecule has 0 saturated heterocycles. The fraction of sp³-hybridized carbons (Fsp3) is 0.579. The number of hydrogen-bond acceptors (Lipinski definition) is 4. The monoisotopic (exact) mass is 320 g/mol. The van der Waals surface area contributed by atoms with E-state index in [0.29, 0.717) is 16.7 Å². The lowest BCUT2D eigenvalue weighted by atomic mass is 9.78. The van der Waals surface area contributed by atoms with Gasteiger partial charge >= 0.3 is 5.97 Å². The number of hydrogen-bond donors (Lipinski definition) is 1. The molecule has 0 radical (unpaired) electrons. The molecule has 0 aliphatic carbocycles. The van der Waals surface area contributed by atoms with E-state index in [9.17, 15) is 14.7 Å². The second kappa shape index (κ2) is 6.73. The Kier molecular flexibility index (Phi) is 5.62. The summed E-state index contributed by atoms with van der Waals surface area (Å²) in [6.07, 6.45) is -0.286. The molecule has 0 aromatic heterocycles. The third-order valence-electron chi connectivity index (χ3n) is 3.66. The molecule has 0 aliphatic heterocycles. The molecule has 1 rings (SSSR count). The molecule has 0 fully saturated rings. The van der Waals surface area contributed by atoms with Crippen LogP contribution in [0.1, 0.15) is 76.4 Å². The maximum atomic E-state index is 12.4. The highest BCUT2D eigenvalue weighted by atomic mass is 16.5. The third kappa shape index (κ3) is 4.81. The van der Waals surface area contributed by atoms with E-state index in [2.05, 4.69) is 0 Å². The molecule has 0 aliphatic rings. The first kappa shape index (κ1) is 19.2. The van der Waals surface area contributed by atoms with Gasteiger partial charge in [-0.1, -0.05) is 41.5 Å². The maximum absolute atomic E-state index is 12.4. The van der Waals surface area contributed by atoms with Crippen molar-refractivity contribution in [3.63, 3.8) is 0 Å². The zero-order valence-electron chi connectivity index (χ0n) is 15.2. The number of esters is 1. The van der Waals surface area contributed by atoms with Crippen LogP contribution in [0.25, 0.3) is 0 Å². The maximum Gasteiger partial charge on any atom is 0.313 e. The van der Waals surface area contributed by atoms with Crippen molar-refractivity contribution in [1.29, 1.82) is 0 Å². The van der Waals surface area contributed by atoms with Crippen LogP contribution in [0.5, 0.6) is 5.75 Å². The summed E-state index contributed by atoms with van der Waals surface area (Å²) in [6.45, 7) is 13.8. The van der Waals surface area contributed by atoms with E-state index in [4.69, 9.17) is 4.74 Å². The van der Waals surface area contributed by atoms with Crippen LogP contribution in [-0.2, 0) is 20.4 Å². The number of phenols is 1. The second-order valence-electron chi connectivity index (χ2n) is 7.82. The number of carbonyl (C=O) groups is 2. The molecule has 1 aromatic rings. The largest absolute Gasteiger partial charge is 0.507 e. The predicted molar refractivity (Wildman–Crippen MR) is 91.1 cm³/mol. The Bertz CT molecular complexity index is 566. The van der Waals surface area contributed by atoms with Gasteiger partial charge in [0.25, 0.3) is 0 Å². The Labute approximate surface area is 138 Å². The lowest BCUT2D eigenvalue weighted by molar-refractivity contribution is -0.141. The van der Waals surface area contributed by atoms with Crippen molar-refractivity contribution in [3.05, 3.63) is 28.8 Å². The molecule has 128 valence electrons. The van der Waals surface area contributed by atoms with E-state index in [1.807, 2.05) is 41.5 Å². The van der Waals surface area contributed by atoms with Gasteiger partial charge in [0.2, 0.25) is 0 Å². The summed E-state index contributed by atoms with van der Waals surface area (Å²) < 4.78 is 4.84. The standard InChI is InChI=1S/C19H28O4/c1-8-23-16(21)11-15(20)12-9-13(18(2,3)4)17(22)14(10-12)19(5,6)7/h9-10,22H,8,11H2,1-7H3. The second-order valence-corrected chi connectivity index (χ2v) is 7.82. The van der Waals surface area contributed by atoms with Gasteiger partial charge in [-0.15, -0.1) is 0 Å². The number of ketones is 1. The Morgan fingerprint density at radius 1 is 1.00 bits per heavy atom. The minimum atomic E-state index is -0.528. The number of phenolic OH excluding ortho intramolecular Hbond substituents is 1. The highest BCUT2D eigenvalue weighted by molar-refractivity contribution is 6.06. The van der Waals surface area contributed by atoms with Crippen molar-refractivity contribution < 1.29 is 19.4 Å². The number of rotatable bonds is 4. The topological polar surface area (TPSA) is 63.6 Å². The molecule has 4 nitrogen and oxygen atoms in total. The third-order valence-corrected chi connectivity index (χ3v) is 3.66. The minimum absolute atomic E-state index is 0.220. The molecule has 1 aromatic carbocycles. The molecule has 0 bridgehead atoms. The fourth-order valence-electron chi connectivity index (χ4n) is 2.38. The lowest BCUT2D eigenvalue weighted by Crippen LogP contribution is -2.19. The van der Waals surface area contributed by atoms with Crippen molar-refractivity contribution >= 4 is 11.8 Å². The summed E-state index contributed by atoms with van der Waals surface area (Å²) in [6, 6.07) is 3.37. The SMILES string of the molecule is CCOC(=O)CC(=O)c1cc(C(C)(C)C)c(O)c(C(C)(C)C)c1. The van der Waals surface area contributed by atoms with E-state index < -0.39 is 5.97 Å². The summed E-state index contributed by atoms with van der Waals surface area (Å²) in [5.74, 6) is -0.600. The Morgan fingerprint density at radius 3 is 1.78 bits per heavy atom. The van der Waals surface area contributed by atoms with Gasteiger partial charge in [0.1, 0.15) is 12.2 Å². The van der Waals surface area contributed by atoms with Crippen molar-refractivity contribution in [3.8, 4) is 5.75 Å². The smallest absolute Gasteiger partial charge is 0.313 e. The van der Waals surface area contributed by atoms with Crippen LogP contribution in [0, 0.1) is 0 Å². The van der Waals surface area contributed by atoms with E-state index in [1.165, 1.54) is 0 Å². The summed E-state index contributed by atoms with van der Waals surface area (Å²) in [7, 11) is 0. The summed E-state index contributed by atoms with van der Waals surface area (Å²) in [5, 5.41) is 10.6. The molecule has 4 heteroatoms. The van der Waals surface area contributed by atoms with Gasteiger partial charge in [0.15, 0.2) is 5.78 Å². The van der Waals surface area contributed by atoms with Crippen LogP contribution in [-0.4, -0.2) is 23.5 Å². The highest BCUT2D eigenvalue weighted by Crippen LogP contribution is 2.39. The van der Waals surface area contributed by atoms with Crippen LogP contribution in [0.3, 0.4) is 0 Å². The molecule has 0 saturated carbocycles. The summed E-state index contributed by atoms with van der Waals surface area (Å²) in [5.41, 5.74) is 1.22. The number of benzene rings is 1. The van der Waals surface area contributed by atoms with Crippen LogP contribution in [0.4, 0.5) is 0 Å². The van der Waals surface area contributed by atoms with E-state index in [1.54, 1.807) is 19.1 Å². The molecule has 1 N–H and O–H groups in total. The number of aromatic hydroxyl groups is 1. The number of ether oxygens (including phenoxy) is 1. The van der Waals surface area contributed by atoms with Crippen molar-refractivity contribution in [2.75, 3.05) is 6.61 Å². The zero-order valence-corrected chi connectivity index (χ0v) is 15.2. The summed E-state index contributed by atoms with van der Waals surface area (Å²) in [4.78, 5) is 24.0. The molecule has 0 spiro atoms. The van der Waals surface area contributed by atoms with Crippen LogP contribution in [0.2, 0.25) is 0 Å². The zero-order chi connectivity index (χ0) is 18.0. The molecule has 23 heavy (non-hydrogen) atoms. The first-order valence-electron chi connectivity index (χ1n) is 7.94. The summed E-state index contributed by atoms with van der Waals surface area (Å²) >= 11 is 0. The normalized spacial score (nSPS) is 12.1. The molecular formula is C19H28O4. The molecule has 0 unspecified atom stereocenters. The molecule has 0 heterocycles. The van der Waals surface area contributed by atoms with Gasteiger partial charge in [-0.25, -0.2) is 0 Å². The molecule has 0 amide bonds. The quantitative estimate of drug-likeness (QED) is 0.515. The van der Waals surface area contributed by atoms with Gasteiger partial charge in [-0.2, -0.15) is 0 Å².